The first-order valence-corrected chi connectivity index (χ1v) is 6.43. The second-order valence-electron chi connectivity index (χ2n) is 5.15. The predicted octanol–water partition coefficient (Wildman–Crippen LogP) is 2.07. The molecule has 2 atom stereocenters. The van der Waals surface area contributed by atoms with Gasteiger partial charge < -0.3 is 10.1 Å². The van der Waals surface area contributed by atoms with Crippen LogP contribution in [0.2, 0.25) is 0 Å². The molecule has 2 fully saturated rings. The van der Waals surface area contributed by atoms with Crippen LogP contribution in [0.25, 0.3) is 0 Å². The van der Waals surface area contributed by atoms with Crippen LogP contribution >= 0.6 is 0 Å². The first-order valence-electron chi connectivity index (χ1n) is 6.43. The van der Waals surface area contributed by atoms with Crippen LogP contribution in [-0.2, 0) is 4.74 Å². The van der Waals surface area contributed by atoms with Gasteiger partial charge in [-0.3, -0.25) is 0 Å². The van der Waals surface area contributed by atoms with Crippen LogP contribution in [0.1, 0.15) is 30.8 Å². The zero-order valence-electron chi connectivity index (χ0n) is 10.4. The highest BCUT2D eigenvalue weighted by atomic mass is 16.5. The van der Waals surface area contributed by atoms with E-state index in [1.54, 1.807) is 0 Å². The van der Waals surface area contributed by atoms with Crippen molar-refractivity contribution in [3.05, 3.63) is 17.6 Å². The van der Waals surface area contributed by atoms with Gasteiger partial charge in [0.25, 0.3) is 0 Å². The molecule has 4 heteroatoms. The number of aryl methyl sites for hydroxylation is 2. The first-order chi connectivity index (χ1) is 8.22. The second kappa shape index (κ2) is 4.26. The van der Waals surface area contributed by atoms with Crippen LogP contribution in [0.15, 0.2) is 6.07 Å². The molecular weight excluding hydrogens is 214 g/mol. The van der Waals surface area contributed by atoms with Crippen molar-refractivity contribution >= 4 is 5.82 Å². The maximum Gasteiger partial charge on any atom is 0.130 e. The van der Waals surface area contributed by atoms with E-state index in [0.29, 0.717) is 12.1 Å². The van der Waals surface area contributed by atoms with Crippen molar-refractivity contribution in [1.29, 1.82) is 0 Å². The molecule has 1 N–H and O–H groups in total. The van der Waals surface area contributed by atoms with E-state index in [-0.39, 0.29) is 0 Å². The Morgan fingerprint density at radius 2 is 2.06 bits per heavy atom. The van der Waals surface area contributed by atoms with Gasteiger partial charge in [0, 0.05) is 18.4 Å². The van der Waals surface area contributed by atoms with E-state index >= 15 is 0 Å². The number of hydrogen-bond donors (Lipinski definition) is 1. The summed E-state index contributed by atoms with van der Waals surface area (Å²) in [7, 11) is 0. The number of nitrogens with one attached hydrogen (secondary N) is 1. The Bertz CT molecular complexity index is 397. The highest BCUT2D eigenvalue weighted by Gasteiger charge is 2.40. The van der Waals surface area contributed by atoms with Gasteiger partial charge in [-0.05, 0) is 39.0 Å². The van der Waals surface area contributed by atoms with Crippen LogP contribution < -0.4 is 5.32 Å². The number of nitrogens with zero attached hydrogens (tertiary/aromatic N) is 2. The second-order valence-corrected chi connectivity index (χ2v) is 5.15. The summed E-state index contributed by atoms with van der Waals surface area (Å²) in [6.07, 6.45) is 4.13. The summed E-state index contributed by atoms with van der Waals surface area (Å²) < 4.78 is 5.82. The van der Waals surface area contributed by atoms with Crippen molar-refractivity contribution in [2.24, 2.45) is 5.92 Å². The van der Waals surface area contributed by atoms with Crippen LogP contribution in [0.3, 0.4) is 0 Å². The lowest BCUT2D eigenvalue weighted by Crippen LogP contribution is -2.31. The van der Waals surface area contributed by atoms with Crippen LogP contribution in [0.5, 0.6) is 0 Å². The van der Waals surface area contributed by atoms with E-state index in [2.05, 4.69) is 15.3 Å². The molecule has 1 aromatic rings. The van der Waals surface area contributed by atoms with Gasteiger partial charge in [-0.2, -0.15) is 0 Å². The fourth-order valence-corrected chi connectivity index (χ4v) is 2.64. The van der Waals surface area contributed by atoms with Gasteiger partial charge >= 0.3 is 0 Å². The van der Waals surface area contributed by atoms with Gasteiger partial charge in [-0.25, -0.2) is 9.97 Å². The Hall–Kier alpha value is -1.16. The van der Waals surface area contributed by atoms with E-state index in [0.717, 1.165) is 36.3 Å². The van der Waals surface area contributed by atoms with Gasteiger partial charge in [0.05, 0.1) is 12.1 Å². The Labute approximate surface area is 102 Å². The average molecular weight is 233 g/mol. The van der Waals surface area contributed by atoms with Crippen molar-refractivity contribution < 1.29 is 4.74 Å². The maximum atomic E-state index is 5.82. The zero-order valence-corrected chi connectivity index (χ0v) is 10.4. The van der Waals surface area contributed by atoms with E-state index in [4.69, 9.17) is 4.74 Å². The standard InChI is InChI=1S/C13H19N3O/c1-8-7-12(15-9(2)14-8)16-11-5-6-17-13(11)10-3-4-10/h7,10-11,13H,3-6H2,1-2H3,(H,14,15,16). The largest absolute Gasteiger partial charge is 0.376 e. The fraction of sp³-hybridized carbons (Fsp3) is 0.692. The molecule has 0 bridgehead atoms. The van der Waals surface area contributed by atoms with Gasteiger partial charge in [-0.1, -0.05) is 0 Å². The lowest BCUT2D eigenvalue weighted by atomic mass is 10.1. The molecule has 0 radical (unpaired) electrons. The summed E-state index contributed by atoms with van der Waals surface area (Å²) in [5, 5.41) is 3.52. The van der Waals surface area contributed by atoms with Gasteiger partial charge in [-0.15, -0.1) is 0 Å². The number of anilines is 1. The highest BCUT2D eigenvalue weighted by molar-refractivity contribution is 5.37. The smallest absolute Gasteiger partial charge is 0.130 e. The molecule has 0 aromatic carbocycles. The normalized spacial score (nSPS) is 28.4. The van der Waals surface area contributed by atoms with Crippen molar-refractivity contribution in [1.82, 2.24) is 9.97 Å². The third kappa shape index (κ3) is 2.41. The molecule has 2 aliphatic rings. The fourth-order valence-electron chi connectivity index (χ4n) is 2.64. The summed E-state index contributed by atoms with van der Waals surface area (Å²) in [5.74, 6) is 2.55. The maximum absolute atomic E-state index is 5.82. The molecule has 1 saturated heterocycles. The molecule has 2 unspecified atom stereocenters. The molecule has 1 saturated carbocycles. The zero-order chi connectivity index (χ0) is 11.8. The minimum Gasteiger partial charge on any atom is -0.376 e. The van der Waals surface area contributed by atoms with Gasteiger partial charge in [0.2, 0.25) is 0 Å². The summed E-state index contributed by atoms with van der Waals surface area (Å²) in [4.78, 5) is 8.73. The molecule has 2 heterocycles. The first kappa shape index (κ1) is 11.0. The molecule has 92 valence electrons. The highest BCUT2D eigenvalue weighted by Crippen LogP contribution is 2.39. The summed E-state index contributed by atoms with van der Waals surface area (Å²) >= 11 is 0. The van der Waals surface area contributed by atoms with Gasteiger partial charge in [0.15, 0.2) is 0 Å². The predicted molar refractivity (Wildman–Crippen MR) is 66.0 cm³/mol. The molecule has 17 heavy (non-hydrogen) atoms. The van der Waals surface area contributed by atoms with Crippen molar-refractivity contribution in [2.75, 3.05) is 11.9 Å². The Morgan fingerprint density at radius 3 is 2.76 bits per heavy atom. The molecule has 3 rings (SSSR count). The number of hydrogen-bond acceptors (Lipinski definition) is 4. The van der Waals surface area contributed by atoms with Crippen LogP contribution in [0.4, 0.5) is 5.82 Å². The lowest BCUT2D eigenvalue weighted by molar-refractivity contribution is 0.0898. The monoisotopic (exact) mass is 233 g/mol. The van der Waals surface area contributed by atoms with Crippen LogP contribution in [0, 0.1) is 19.8 Å². The Kier molecular flexibility index (Phi) is 2.74. The lowest BCUT2D eigenvalue weighted by Gasteiger charge is -2.20. The van der Waals surface area contributed by atoms with Gasteiger partial charge in [0.1, 0.15) is 11.6 Å². The van der Waals surface area contributed by atoms with Crippen molar-refractivity contribution in [3.8, 4) is 0 Å². The van der Waals surface area contributed by atoms with E-state index in [1.807, 2.05) is 19.9 Å². The molecule has 1 aromatic heterocycles. The Balaban J connectivity index is 1.72. The summed E-state index contributed by atoms with van der Waals surface area (Å²) in [6.45, 7) is 4.81. The third-order valence-electron chi connectivity index (χ3n) is 3.52. The number of ether oxygens (including phenoxy) is 1. The minimum absolute atomic E-state index is 0.394. The summed E-state index contributed by atoms with van der Waals surface area (Å²) in [5.41, 5.74) is 1.02. The number of aromatic nitrogens is 2. The SMILES string of the molecule is Cc1cc(NC2CCOC2C2CC2)nc(C)n1. The number of rotatable bonds is 3. The molecule has 0 amide bonds. The molecule has 1 aliphatic carbocycles. The van der Waals surface area contributed by atoms with Crippen LogP contribution in [-0.4, -0.2) is 28.7 Å². The summed E-state index contributed by atoms with van der Waals surface area (Å²) in [6, 6.07) is 2.44. The molecular formula is C13H19N3O. The average Bonchev–Trinajstić information content (AvgIpc) is 2.99. The quantitative estimate of drug-likeness (QED) is 0.868. The third-order valence-corrected chi connectivity index (χ3v) is 3.52. The van der Waals surface area contributed by atoms with E-state index < -0.39 is 0 Å². The molecule has 1 aliphatic heterocycles. The molecule has 0 spiro atoms. The Morgan fingerprint density at radius 1 is 1.24 bits per heavy atom. The topological polar surface area (TPSA) is 47.0 Å². The van der Waals surface area contributed by atoms with E-state index in [9.17, 15) is 0 Å². The minimum atomic E-state index is 0.394. The van der Waals surface area contributed by atoms with Crippen molar-refractivity contribution in [2.45, 2.75) is 45.3 Å². The van der Waals surface area contributed by atoms with Crippen molar-refractivity contribution in [3.63, 3.8) is 0 Å². The molecule has 4 nitrogen and oxygen atoms in total. The van der Waals surface area contributed by atoms with E-state index in [1.165, 1.54) is 12.8 Å².